The van der Waals surface area contributed by atoms with Crippen LogP contribution in [0.5, 0.6) is 0 Å². The van der Waals surface area contributed by atoms with Gasteiger partial charge in [0, 0.05) is 16.5 Å². The molecule has 1 saturated carbocycles. The van der Waals surface area contributed by atoms with Gasteiger partial charge >= 0.3 is 0 Å². The van der Waals surface area contributed by atoms with Crippen molar-refractivity contribution in [2.75, 3.05) is 0 Å². The zero-order chi connectivity index (χ0) is 9.15. The first kappa shape index (κ1) is 8.88. The van der Waals surface area contributed by atoms with E-state index in [4.69, 9.17) is 0 Å². The first-order chi connectivity index (χ1) is 6.35. The lowest BCUT2D eigenvalue weighted by Crippen LogP contribution is -2.31. The Morgan fingerprint density at radius 2 is 2.46 bits per heavy atom. The van der Waals surface area contributed by atoms with Crippen LogP contribution in [0.2, 0.25) is 0 Å². The third-order valence-corrected chi connectivity index (χ3v) is 3.76. The summed E-state index contributed by atoms with van der Waals surface area (Å²) in [7, 11) is 0. The molecule has 0 radical (unpaired) electrons. The van der Waals surface area contributed by atoms with Crippen molar-refractivity contribution >= 4 is 17.8 Å². The van der Waals surface area contributed by atoms with E-state index in [1.54, 1.807) is 11.5 Å². The van der Waals surface area contributed by atoms with Gasteiger partial charge in [-0.3, -0.25) is 0 Å². The number of aryl methyl sites for hydroxylation is 1. The lowest BCUT2D eigenvalue weighted by molar-refractivity contribution is -0.120. The molecule has 2 rings (SSSR count). The fraction of sp³-hybridized carbons (Fsp3) is 0.600. The Bertz CT molecular complexity index is 277. The van der Waals surface area contributed by atoms with Crippen LogP contribution in [0.4, 0.5) is 0 Å². The fourth-order valence-electron chi connectivity index (χ4n) is 1.80. The Labute approximate surface area is 82.1 Å². The predicted molar refractivity (Wildman–Crippen MR) is 52.8 cm³/mol. The van der Waals surface area contributed by atoms with Gasteiger partial charge in [0.25, 0.3) is 0 Å². The molecule has 1 fully saturated rings. The summed E-state index contributed by atoms with van der Waals surface area (Å²) in [6.45, 7) is 0. The average Bonchev–Trinajstić information content (AvgIpc) is 2.56. The summed E-state index contributed by atoms with van der Waals surface area (Å²) in [5.74, 6) is 0. The highest BCUT2D eigenvalue weighted by Gasteiger charge is 2.36. The quantitative estimate of drug-likeness (QED) is 0.691. The lowest BCUT2D eigenvalue weighted by Gasteiger charge is -2.36. The first-order valence-corrected chi connectivity index (χ1v) is 5.48. The summed E-state index contributed by atoms with van der Waals surface area (Å²) < 4.78 is 4.05. The molecule has 2 nitrogen and oxygen atoms in total. The van der Waals surface area contributed by atoms with E-state index < -0.39 is 0 Å². The van der Waals surface area contributed by atoms with Crippen molar-refractivity contribution in [1.82, 2.24) is 4.37 Å². The Balaban J connectivity index is 1.88. The van der Waals surface area contributed by atoms with Gasteiger partial charge in [-0.05, 0) is 43.3 Å². The number of aldehydes is 1. The van der Waals surface area contributed by atoms with Gasteiger partial charge in [0.1, 0.15) is 6.29 Å². The maximum Gasteiger partial charge on any atom is 0.126 e. The Morgan fingerprint density at radius 3 is 2.92 bits per heavy atom. The van der Waals surface area contributed by atoms with Gasteiger partial charge in [0.2, 0.25) is 0 Å². The molecule has 0 aromatic carbocycles. The fourth-order valence-corrected chi connectivity index (χ4v) is 2.37. The van der Waals surface area contributed by atoms with Crippen molar-refractivity contribution in [2.24, 2.45) is 5.41 Å². The van der Waals surface area contributed by atoms with Gasteiger partial charge in [-0.1, -0.05) is 6.42 Å². The molecule has 1 aromatic rings. The average molecular weight is 195 g/mol. The number of aromatic nitrogens is 1. The third-order valence-electron chi connectivity index (χ3n) is 2.96. The maximum atomic E-state index is 10.9. The molecular formula is C10H13NOS. The second kappa shape index (κ2) is 3.58. The summed E-state index contributed by atoms with van der Waals surface area (Å²) in [5.41, 5.74) is 0.0317. The van der Waals surface area contributed by atoms with Crippen LogP contribution in [-0.4, -0.2) is 10.7 Å². The monoisotopic (exact) mass is 195 g/mol. The van der Waals surface area contributed by atoms with Crippen LogP contribution >= 0.6 is 11.5 Å². The summed E-state index contributed by atoms with van der Waals surface area (Å²) in [4.78, 5) is 12.2. The predicted octanol–water partition coefficient (Wildman–Crippen LogP) is 2.44. The number of hydrogen-bond donors (Lipinski definition) is 0. The van der Waals surface area contributed by atoms with Gasteiger partial charge < -0.3 is 4.79 Å². The minimum Gasteiger partial charge on any atom is -0.303 e. The molecule has 0 unspecified atom stereocenters. The molecule has 0 amide bonds. The van der Waals surface area contributed by atoms with Crippen LogP contribution < -0.4 is 0 Å². The molecule has 1 aliphatic rings. The normalized spacial score (nSPS) is 19.4. The van der Waals surface area contributed by atoms with Crippen molar-refractivity contribution in [3.8, 4) is 0 Å². The van der Waals surface area contributed by atoms with Gasteiger partial charge in [0.05, 0.1) is 0 Å². The molecule has 1 aliphatic carbocycles. The minimum atomic E-state index is 0.0317. The summed E-state index contributed by atoms with van der Waals surface area (Å²) in [5, 5.41) is 0. The number of rotatable bonds is 4. The van der Waals surface area contributed by atoms with E-state index in [-0.39, 0.29) is 5.41 Å². The van der Waals surface area contributed by atoms with Crippen LogP contribution in [0.25, 0.3) is 0 Å². The number of nitrogens with zero attached hydrogens (tertiary/aromatic N) is 1. The smallest absolute Gasteiger partial charge is 0.126 e. The molecule has 0 atom stereocenters. The highest BCUT2D eigenvalue weighted by Crippen LogP contribution is 2.42. The maximum absolute atomic E-state index is 10.9. The second-order valence-electron chi connectivity index (χ2n) is 3.81. The zero-order valence-electron chi connectivity index (χ0n) is 7.53. The largest absolute Gasteiger partial charge is 0.303 e. The SMILES string of the molecule is O=CC1(CCc2ccns2)CCC1. The Morgan fingerprint density at radius 1 is 1.62 bits per heavy atom. The minimum absolute atomic E-state index is 0.0317. The summed E-state index contributed by atoms with van der Waals surface area (Å²) in [6, 6.07) is 2.04. The molecule has 0 aliphatic heterocycles. The van der Waals surface area contributed by atoms with Crippen LogP contribution in [0.15, 0.2) is 12.3 Å². The number of carbonyl (C=O) groups excluding carboxylic acids is 1. The molecule has 0 saturated heterocycles. The zero-order valence-corrected chi connectivity index (χ0v) is 8.35. The molecule has 3 heteroatoms. The third kappa shape index (κ3) is 1.80. The van der Waals surface area contributed by atoms with Crippen molar-refractivity contribution in [3.05, 3.63) is 17.1 Å². The highest BCUT2D eigenvalue weighted by molar-refractivity contribution is 7.05. The molecule has 13 heavy (non-hydrogen) atoms. The molecular weight excluding hydrogens is 182 g/mol. The summed E-state index contributed by atoms with van der Waals surface area (Å²) in [6.07, 6.45) is 8.43. The van der Waals surface area contributed by atoms with Crippen molar-refractivity contribution in [2.45, 2.75) is 32.1 Å². The van der Waals surface area contributed by atoms with Gasteiger partial charge in [0.15, 0.2) is 0 Å². The van der Waals surface area contributed by atoms with E-state index in [2.05, 4.69) is 4.37 Å². The van der Waals surface area contributed by atoms with Crippen molar-refractivity contribution in [1.29, 1.82) is 0 Å². The van der Waals surface area contributed by atoms with Gasteiger partial charge in [-0.15, -0.1) is 0 Å². The first-order valence-electron chi connectivity index (χ1n) is 4.71. The number of carbonyl (C=O) groups is 1. The molecule has 1 aromatic heterocycles. The molecule has 0 N–H and O–H groups in total. The molecule has 0 spiro atoms. The van der Waals surface area contributed by atoms with Crippen LogP contribution in [0.1, 0.15) is 30.6 Å². The van der Waals surface area contributed by atoms with E-state index in [1.165, 1.54) is 11.3 Å². The van der Waals surface area contributed by atoms with Crippen LogP contribution in [-0.2, 0) is 11.2 Å². The van der Waals surface area contributed by atoms with Crippen molar-refractivity contribution < 1.29 is 4.79 Å². The van der Waals surface area contributed by atoms with E-state index in [9.17, 15) is 4.79 Å². The van der Waals surface area contributed by atoms with E-state index in [1.807, 2.05) is 12.3 Å². The lowest BCUT2D eigenvalue weighted by atomic mass is 9.67. The Kier molecular flexibility index (Phi) is 2.44. The summed E-state index contributed by atoms with van der Waals surface area (Å²) >= 11 is 1.54. The number of hydrogen-bond acceptors (Lipinski definition) is 3. The van der Waals surface area contributed by atoms with E-state index in [0.29, 0.717) is 0 Å². The van der Waals surface area contributed by atoms with E-state index >= 15 is 0 Å². The topological polar surface area (TPSA) is 30.0 Å². The van der Waals surface area contributed by atoms with Gasteiger partial charge in [-0.2, -0.15) is 0 Å². The standard InChI is InChI=1S/C10H13NOS/c12-8-10(4-1-5-10)6-2-9-3-7-11-13-9/h3,7-8H,1-2,4-6H2. The Hall–Kier alpha value is -0.700. The highest BCUT2D eigenvalue weighted by atomic mass is 32.1. The molecule has 1 heterocycles. The molecule has 0 bridgehead atoms. The van der Waals surface area contributed by atoms with Crippen LogP contribution in [0.3, 0.4) is 0 Å². The van der Waals surface area contributed by atoms with E-state index in [0.717, 1.165) is 32.0 Å². The van der Waals surface area contributed by atoms with Crippen LogP contribution in [0, 0.1) is 5.41 Å². The molecule has 70 valence electrons. The van der Waals surface area contributed by atoms with Crippen molar-refractivity contribution in [3.63, 3.8) is 0 Å². The second-order valence-corrected chi connectivity index (χ2v) is 4.73. The van der Waals surface area contributed by atoms with Gasteiger partial charge in [-0.25, -0.2) is 4.37 Å².